The fourth-order valence-corrected chi connectivity index (χ4v) is 5.81. The molecule has 33 heavy (non-hydrogen) atoms. The monoisotopic (exact) mass is 500 g/mol. The molecule has 0 radical (unpaired) electrons. The summed E-state index contributed by atoms with van der Waals surface area (Å²) in [5.41, 5.74) is -3.33. The molecule has 4 rings (SSSR count). The third kappa shape index (κ3) is 4.48. The Balaban J connectivity index is 1.60. The molecular formula is C24H25Cl2F3N2O2. The number of nitrogens with one attached hydrogen (secondary N) is 1. The zero-order chi connectivity index (χ0) is 23.9. The van der Waals surface area contributed by atoms with Crippen molar-refractivity contribution in [3.05, 3.63) is 69.7 Å². The highest BCUT2D eigenvalue weighted by molar-refractivity contribution is 6.34. The number of alkyl halides is 3. The molecule has 4 nitrogen and oxygen atoms in total. The first-order valence-electron chi connectivity index (χ1n) is 10.9. The Morgan fingerprint density at radius 2 is 1.64 bits per heavy atom. The Bertz CT molecular complexity index is 990. The number of benzene rings is 2. The Morgan fingerprint density at radius 3 is 2.21 bits per heavy atom. The maximum Gasteiger partial charge on any atom is 0.430 e. The zero-order valence-electron chi connectivity index (χ0n) is 17.8. The molecule has 2 aromatic rings. The summed E-state index contributed by atoms with van der Waals surface area (Å²) in [7, 11) is 0. The van der Waals surface area contributed by atoms with Crippen LogP contribution in [0.4, 0.5) is 13.2 Å². The van der Waals surface area contributed by atoms with Crippen LogP contribution in [-0.2, 0) is 10.4 Å². The van der Waals surface area contributed by atoms with Gasteiger partial charge in [0.1, 0.15) is 0 Å². The van der Waals surface area contributed by atoms with Crippen molar-refractivity contribution in [2.45, 2.75) is 37.0 Å². The van der Waals surface area contributed by atoms with Crippen molar-refractivity contribution in [2.24, 2.45) is 5.41 Å². The molecule has 1 amide bonds. The molecule has 9 heteroatoms. The minimum atomic E-state index is -5.24. The summed E-state index contributed by atoms with van der Waals surface area (Å²) in [5.74, 6) is -1.19. The van der Waals surface area contributed by atoms with Crippen LogP contribution in [0.1, 0.15) is 36.3 Å². The van der Waals surface area contributed by atoms with Crippen molar-refractivity contribution >= 4 is 29.1 Å². The first kappa shape index (κ1) is 24.3. The number of halogens is 5. The highest BCUT2D eigenvalue weighted by Gasteiger charge is 2.62. The summed E-state index contributed by atoms with van der Waals surface area (Å²) in [6, 6.07) is 13.2. The van der Waals surface area contributed by atoms with Crippen molar-refractivity contribution in [1.29, 1.82) is 0 Å². The molecule has 1 spiro atoms. The molecule has 2 saturated heterocycles. The van der Waals surface area contributed by atoms with Gasteiger partial charge in [-0.3, -0.25) is 4.79 Å². The number of amides is 1. The van der Waals surface area contributed by atoms with Crippen LogP contribution in [0.25, 0.3) is 0 Å². The maximum absolute atomic E-state index is 14.1. The summed E-state index contributed by atoms with van der Waals surface area (Å²) in [4.78, 5) is 14.3. The van der Waals surface area contributed by atoms with Crippen LogP contribution in [0.3, 0.4) is 0 Å². The van der Waals surface area contributed by atoms with E-state index in [-0.39, 0.29) is 34.5 Å². The zero-order valence-corrected chi connectivity index (χ0v) is 19.4. The minimum absolute atomic E-state index is 0.0917. The van der Waals surface area contributed by atoms with Crippen molar-refractivity contribution in [2.75, 3.05) is 26.2 Å². The molecule has 2 N–H and O–H groups in total. The number of rotatable bonds is 3. The van der Waals surface area contributed by atoms with Crippen LogP contribution in [-0.4, -0.2) is 48.3 Å². The smallest absolute Gasteiger partial charge is 0.368 e. The lowest BCUT2D eigenvalue weighted by molar-refractivity contribution is -0.262. The molecule has 0 aromatic heterocycles. The molecule has 2 heterocycles. The number of carbonyl (C=O) groups excluding carboxylic acids is 1. The summed E-state index contributed by atoms with van der Waals surface area (Å²) in [5, 5.41) is 14.0. The molecule has 1 unspecified atom stereocenters. The van der Waals surface area contributed by atoms with E-state index in [0.29, 0.717) is 12.8 Å². The summed E-state index contributed by atoms with van der Waals surface area (Å²) in [6.45, 7) is 1.87. The van der Waals surface area contributed by atoms with Crippen LogP contribution < -0.4 is 5.32 Å². The second-order valence-electron chi connectivity index (χ2n) is 8.94. The maximum atomic E-state index is 14.1. The fraction of sp³-hybridized carbons (Fsp3) is 0.458. The van der Waals surface area contributed by atoms with Gasteiger partial charge in [0, 0.05) is 41.2 Å². The van der Waals surface area contributed by atoms with E-state index in [0.717, 1.165) is 36.5 Å². The molecule has 0 saturated carbocycles. The molecule has 2 aliphatic rings. The summed E-state index contributed by atoms with van der Waals surface area (Å²) >= 11 is 11.7. The van der Waals surface area contributed by atoms with E-state index < -0.39 is 23.2 Å². The molecule has 0 bridgehead atoms. The van der Waals surface area contributed by atoms with Crippen LogP contribution in [0, 0.1) is 5.41 Å². The van der Waals surface area contributed by atoms with Gasteiger partial charge >= 0.3 is 6.18 Å². The fourth-order valence-electron chi connectivity index (χ4n) is 5.28. The lowest BCUT2D eigenvalue weighted by Crippen LogP contribution is -2.59. The topological polar surface area (TPSA) is 52.6 Å². The highest BCUT2D eigenvalue weighted by atomic mass is 35.5. The van der Waals surface area contributed by atoms with Gasteiger partial charge in [-0.25, -0.2) is 0 Å². The largest absolute Gasteiger partial charge is 0.430 e. The third-order valence-electron chi connectivity index (χ3n) is 7.14. The molecule has 2 aliphatic heterocycles. The Hall–Kier alpha value is -1.80. The summed E-state index contributed by atoms with van der Waals surface area (Å²) < 4.78 is 42.3. The predicted octanol–water partition coefficient (Wildman–Crippen LogP) is 5.13. The average molecular weight is 501 g/mol. The van der Waals surface area contributed by atoms with Crippen molar-refractivity contribution in [3.8, 4) is 0 Å². The third-order valence-corrected chi connectivity index (χ3v) is 7.57. The van der Waals surface area contributed by atoms with E-state index in [2.05, 4.69) is 17.4 Å². The number of nitrogens with zero attached hydrogens (tertiary/aromatic N) is 1. The standard InChI is InChI=1S/C24H25Cl2F3N2O2/c25-18-12-17(13-19(26)14-18)23(33,24(27,28)29)21(32)31-10-7-22(8-11-31)6-9-30-15-20(22)16-4-2-1-3-5-16/h1-5,12-14,20,30,33H,6-11,15H2/t20-,23?/m0/s1. The first-order valence-corrected chi connectivity index (χ1v) is 11.6. The second-order valence-corrected chi connectivity index (χ2v) is 9.81. The van der Waals surface area contributed by atoms with Gasteiger partial charge in [0.2, 0.25) is 0 Å². The number of piperidine rings is 2. The second kappa shape index (κ2) is 9.10. The average Bonchev–Trinajstić information content (AvgIpc) is 2.78. The predicted molar refractivity (Wildman–Crippen MR) is 121 cm³/mol. The lowest BCUT2D eigenvalue weighted by Gasteiger charge is -2.50. The van der Waals surface area contributed by atoms with Crippen molar-refractivity contribution < 1.29 is 23.1 Å². The van der Waals surface area contributed by atoms with Crippen molar-refractivity contribution in [3.63, 3.8) is 0 Å². The number of carbonyl (C=O) groups is 1. The van der Waals surface area contributed by atoms with E-state index in [1.807, 2.05) is 18.2 Å². The van der Waals surface area contributed by atoms with Gasteiger partial charge < -0.3 is 15.3 Å². The lowest BCUT2D eigenvalue weighted by atomic mass is 9.62. The SMILES string of the molecule is O=C(N1CCC2(CCNC[C@H]2c2ccccc2)CC1)C(O)(c1cc(Cl)cc(Cl)c1)C(F)(F)F. The Morgan fingerprint density at radius 1 is 1.03 bits per heavy atom. The van der Waals surface area contributed by atoms with Gasteiger partial charge in [-0.05, 0) is 55.0 Å². The van der Waals surface area contributed by atoms with Gasteiger partial charge in [0.25, 0.3) is 11.5 Å². The quantitative estimate of drug-likeness (QED) is 0.614. The van der Waals surface area contributed by atoms with Crippen LogP contribution in [0.15, 0.2) is 48.5 Å². The summed E-state index contributed by atoms with van der Waals surface area (Å²) in [6.07, 6.45) is -3.25. The molecular weight excluding hydrogens is 476 g/mol. The minimum Gasteiger partial charge on any atom is -0.368 e. The molecule has 178 valence electrons. The molecule has 0 aliphatic carbocycles. The van der Waals surface area contributed by atoms with Gasteiger partial charge in [-0.1, -0.05) is 53.5 Å². The van der Waals surface area contributed by atoms with Crippen molar-refractivity contribution in [1.82, 2.24) is 10.2 Å². The number of likely N-dealkylation sites (tertiary alicyclic amines) is 1. The van der Waals surface area contributed by atoms with Crippen LogP contribution in [0.5, 0.6) is 0 Å². The normalized spacial score (nSPS) is 22.7. The highest BCUT2D eigenvalue weighted by Crippen LogP contribution is 2.50. The van der Waals surface area contributed by atoms with Gasteiger partial charge in [0.05, 0.1) is 0 Å². The Labute approximate surface area is 200 Å². The van der Waals surface area contributed by atoms with E-state index in [9.17, 15) is 23.1 Å². The molecule has 2 atom stereocenters. The molecule has 2 aromatic carbocycles. The first-order chi connectivity index (χ1) is 15.6. The number of hydrogen-bond acceptors (Lipinski definition) is 3. The van der Waals surface area contributed by atoms with Crippen LogP contribution in [0.2, 0.25) is 10.0 Å². The number of hydrogen-bond donors (Lipinski definition) is 2. The van der Waals surface area contributed by atoms with Crippen LogP contribution >= 0.6 is 23.2 Å². The number of aliphatic hydroxyl groups is 1. The van der Waals surface area contributed by atoms with E-state index >= 15 is 0 Å². The van der Waals surface area contributed by atoms with E-state index in [1.165, 1.54) is 11.6 Å². The van der Waals surface area contributed by atoms with E-state index in [4.69, 9.17) is 23.2 Å². The van der Waals surface area contributed by atoms with Gasteiger partial charge in [-0.2, -0.15) is 13.2 Å². The van der Waals surface area contributed by atoms with Gasteiger partial charge in [-0.15, -0.1) is 0 Å². The molecule has 2 fully saturated rings. The van der Waals surface area contributed by atoms with E-state index in [1.54, 1.807) is 0 Å². The van der Waals surface area contributed by atoms with Gasteiger partial charge in [0.15, 0.2) is 0 Å². The Kier molecular flexibility index (Phi) is 6.71.